The Morgan fingerprint density at radius 1 is 0.966 bits per heavy atom. The lowest BCUT2D eigenvalue weighted by Crippen LogP contribution is -2.45. The van der Waals surface area contributed by atoms with E-state index in [4.69, 9.17) is 24.5 Å². The number of nitrogens with zero attached hydrogens (tertiary/aromatic N) is 3. The second-order valence-electron chi connectivity index (χ2n) is 6.49. The fraction of sp³-hybridized carbons (Fsp3) is 0.350. The summed E-state index contributed by atoms with van der Waals surface area (Å²) in [6.45, 7) is 6.44. The summed E-state index contributed by atoms with van der Waals surface area (Å²) >= 11 is 3.56. The van der Waals surface area contributed by atoms with Gasteiger partial charge < -0.3 is 14.9 Å². The number of aliphatic carboxylic acids is 2. The standard InChI is InChI=1S/C18H22BrN3O.C2H2O4/c1-23-18-3-2-16(12-17(18)19)14-22-10-8-21(9-11-22)13-15-4-6-20-7-5-15;3-1(4)2(5)6/h2-7,12H,8-11,13-14H2,1H3;(H,3,4)(H,5,6). The van der Waals surface area contributed by atoms with Gasteiger partial charge >= 0.3 is 11.9 Å². The first-order valence-electron chi connectivity index (χ1n) is 9.01. The highest BCUT2D eigenvalue weighted by atomic mass is 79.9. The average Bonchev–Trinajstić information content (AvgIpc) is 2.71. The average molecular weight is 466 g/mol. The van der Waals surface area contributed by atoms with Gasteiger partial charge in [0.2, 0.25) is 0 Å². The fourth-order valence-corrected chi connectivity index (χ4v) is 3.51. The highest BCUT2D eigenvalue weighted by molar-refractivity contribution is 9.10. The van der Waals surface area contributed by atoms with Crippen molar-refractivity contribution in [3.63, 3.8) is 0 Å². The van der Waals surface area contributed by atoms with E-state index in [1.807, 2.05) is 18.5 Å². The number of hydrogen-bond donors (Lipinski definition) is 2. The van der Waals surface area contributed by atoms with Crippen molar-refractivity contribution in [2.24, 2.45) is 0 Å². The molecule has 2 aromatic rings. The normalized spacial score (nSPS) is 14.6. The maximum absolute atomic E-state index is 9.10. The second-order valence-corrected chi connectivity index (χ2v) is 7.34. The molecule has 0 unspecified atom stereocenters. The van der Waals surface area contributed by atoms with E-state index < -0.39 is 11.9 Å². The van der Waals surface area contributed by atoms with E-state index in [2.05, 4.69) is 55.0 Å². The van der Waals surface area contributed by atoms with E-state index >= 15 is 0 Å². The molecule has 8 nitrogen and oxygen atoms in total. The second kappa shape index (κ2) is 11.5. The van der Waals surface area contributed by atoms with E-state index in [1.54, 1.807) is 7.11 Å². The Labute approximate surface area is 177 Å². The zero-order valence-corrected chi connectivity index (χ0v) is 17.7. The van der Waals surface area contributed by atoms with Gasteiger partial charge in [0.05, 0.1) is 11.6 Å². The summed E-state index contributed by atoms with van der Waals surface area (Å²) in [5, 5.41) is 14.8. The van der Waals surface area contributed by atoms with Crippen molar-refractivity contribution in [2.75, 3.05) is 33.3 Å². The summed E-state index contributed by atoms with van der Waals surface area (Å²) in [4.78, 5) is 27.3. The van der Waals surface area contributed by atoms with Gasteiger partial charge in [0.15, 0.2) is 0 Å². The SMILES string of the molecule is COc1ccc(CN2CCN(Cc3ccncc3)CC2)cc1Br.O=C(O)C(=O)O. The molecule has 1 aromatic heterocycles. The smallest absolute Gasteiger partial charge is 0.414 e. The van der Waals surface area contributed by atoms with Crippen LogP contribution in [0, 0.1) is 0 Å². The number of carbonyl (C=O) groups is 2. The van der Waals surface area contributed by atoms with E-state index in [-0.39, 0.29) is 0 Å². The lowest BCUT2D eigenvalue weighted by atomic mass is 10.2. The minimum absolute atomic E-state index is 0.885. The van der Waals surface area contributed by atoms with Crippen molar-refractivity contribution in [1.82, 2.24) is 14.8 Å². The largest absolute Gasteiger partial charge is 0.496 e. The molecule has 1 aliphatic heterocycles. The Kier molecular flexibility index (Phi) is 9.04. The van der Waals surface area contributed by atoms with Crippen LogP contribution in [0.15, 0.2) is 47.2 Å². The van der Waals surface area contributed by atoms with E-state index in [0.717, 1.165) is 49.5 Å². The Bertz CT molecular complexity index is 799. The Morgan fingerprint density at radius 2 is 1.48 bits per heavy atom. The van der Waals surface area contributed by atoms with Crippen molar-refractivity contribution in [1.29, 1.82) is 0 Å². The number of hydrogen-bond acceptors (Lipinski definition) is 6. The van der Waals surface area contributed by atoms with Crippen molar-refractivity contribution in [3.8, 4) is 5.75 Å². The molecule has 1 aromatic carbocycles. The maximum atomic E-state index is 9.10. The zero-order chi connectivity index (χ0) is 21.2. The summed E-state index contributed by atoms with van der Waals surface area (Å²) in [6.07, 6.45) is 3.74. The minimum atomic E-state index is -1.82. The van der Waals surface area contributed by atoms with Gasteiger partial charge in [-0.15, -0.1) is 0 Å². The quantitative estimate of drug-likeness (QED) is 0.648. The van der Waals surface area contributed by atoms with Crippen LogP contribution in [0.3, 0.4) is 0 Å². The van der Waals surface area contributed by atoms with Crippen LogP contribution in [0.2, 0.25) is 0 Å². The van der Waals surface area contributed by atoms with Crippen LogP contribution in [0.1, 0.15) is 11.1 Å². The number of carboxylic acid groups (broad SMARTS) is 2. The highest BCUT2D eigenvalue weighted by Crippen LogP contribution is 2.26. The van der Waals surface area contributed by atoms with Gasteiger partial charge in [-0.1, -0.05) is 6.07 Å². The molecule has 1 aliphatic rings. The van der Waals surface area contributed by atoms with E-state index in [0.29, 0.717) is 0 Å². The van der Waals surface area contributed by atoms with Crippen LogP contribution < -0.4 is 4.74 Å². The molecule has 0 atom stereocenters. The van der Waals surface area contributed by atoms with Crippen molar-refractivity contribution >= 4 is 27.9 Å². The van der Waals surface area contributed by atoms with E-state index in [1.165, 1.54) is 11.1 Å². The summed E-state index contributed by atoms with van der Waals surface area (Å²) in [5.41, 5.74) is 2.66. The van der Waals surface area contributed by atoms with Crippen LogP contribution in [-0.4, -0.2) is 70.2 Å². The molecule has 0 radical (unpaired) electrons. The summed E-state index contributed by atoms with van der Waals surface area (Å²) in [5.74, 6) is -2.76. The van der Waals surface area contributed by atoms with Crippen LogP contribution in [0.5, 0.6) is 5.75 Å². The highest BCUT2D eigenvalue weighted by Gasteiger charge is 2.17. The minimum Gasteiger partial charge on any atom is -0.496 e. The number of methoxy groups -OCH3 is 1. The molecule has 0 aliphatic carbocycles. The van der Waals surface area contributed by atoms with Gasteiger partial charge in [-0.3, -0.25) is 14.8 Å². The summed E-state index contributed by atoms with van der Waals surface area (Å²) < 4.78 is 6.31. The number of piperazine rings is 1. The molecular formula is C20H24BrN3O5. The molecule has 1 fully saturated rings. The molecule has 29 heavy (non-hydrogen) atoms. The van der Waals surface area contributed by atoms with Crippen molar-refractivity contribution in [3.05, 3.63) is 58.3 Å². The van der Waals surface area contributed by atoms with Gasteiger partial charge in [0.25, 0.3) is 0 Å². The van der Waals surface area contributed by atoms with Gasteiger partial charge in [0, 0.05) is 51.7 Å². The molecule has 2 N–H and O–H groups in total. The van der Waals surface area contributed by atoms with Gasteiger partial charge in [-0.05, 0) is 51.3 Å². The monoisotopic (exact) mass is 465 g/mol. The fourth-order valence-electron chi connectivity index (χ4n) is 2.92. The van der Waals surface area contributed by atoms with Gasteiger partial charge in [-0.2, -0.15) is 0 Å². The van der Waals surface area contributed by atoms with Crippen LogP contribution in [-0.2, 0) is 22.7 Å². The number of ether oxygens (including phenoxy) is 1. The molecule has 2 heterocycles. The maximum Gasteiger partial charge on any atom is 0.414 e. The van der Waals surface area contributed by atoms with Gasteiger partial charge in [-0.25, -0.2) is 9.59 Å². The van der Waals surface area contributed by atoms with E-state index in [9.17, 15) is 0 Å². The molecular weight excluding hydrogens is 442 g/mol. The summed E-state index contributed by atoms with van der Waals surface area (Å²) in [7, 11) is 1.70. The molecule has 1 saturated heterocycles. The number of halogens is 1. The Hall–Kier alpha value is -2.49. The molecule has 156 valence electrons. The topological polar surface area (TPSA) is 103 Å². The Morgan fingerprint density at radius 3 is 1.93 bits per heavy atom. The number of carboxylic acids is 2. The summed E-state index contributed by atoms with van der Waals surface area (Å²) in [6, 6.07) is 10.5. The third kappa shape index (κ3) is 7.80. The number of aromatic nitrogens is 1. The molecule has 9 heteroatoms. The number of benzene rings is 1. The first-order chi connectivity index (χ1) is 13.9. The first-order valence-corrected chi connectivity index (χ1v) is 9.80. The first kappa shape index (κ1) is 22.8. The van der Waals surface area contributed by atoms with Crippen molar-refractivity contribution < 1.29 is 24.5 Å². The Balaban J connectivity index is 0.000000438. The molecule has 0 amide bonds. The number of pyridine rings is 1. The van der Waals surface area contributed by atoms with Gasteiger partial charge in [0.1, 0.15) is 5.75 Å². The lowest BCUT2D eigenvalue weighted by molar-refractivity contribution is -0.159. The lowest BCUT2D eigenvalue weighted by Gasteiger charge is -2.34. The molecule has 0 spiro atoms. The third-order valence-electron chi connectivity index (χ3n) is 4.43. The molecule has 0 bridgehead atoms. The van der Waals surface area contributed by atoms with Crippen LogP contribution in [0.25, 0.3) is 0 Å². The van der Waals surface area contributed by atoms with Crippen LogP contribution >= 0.6 is 15.9 Å². The predicted octanol–water partition coefficient (Wildman–Crippen LogP) is 2.33. The zero-order valence-electron chi connectivity index (χ0n) is 16.1. The molecule has 0 saturated carbocycles. The number of rotatable bonds is 5. The predicted molar refractivity (Wildman–Crippen MR) is 111 cm³/mol. The van der Waals surface area contributed by atoms with Crippen LogP contribution in [0.4, 0.5) is 0 Å². The third-order valence-corrected chi connectivity index (χ3v) is 5.05. The van der Waals surface area contributed by atoms with Crippen molar-refractivity contribution in [2.45, 2.75) is 13.1 Å². The molecule has 3 rings (SSSR count).